The Balaban J connectivity index is 2.16. The first-order chi connectivity index (χ1) is 6.33. The molecule has 0 unspecified atom stereocenters. The number of rotatable bonds is 4. The van der Waals surface area contributed by atoms with Crippen molar-refractivity contribution in [2.75, 3.05) is 0 Å². The lowest BCUT2D eigenvalue weighted by Crippen LogP contribution is -2.01. The van der Waals surface area contributed by atoms with E-state index in [9.17, 15) is 4.79 Å². The minimum absolute atomic E-state index is 0.193. The van der Waals surface area contributed by atoms with Gasteiger partial charge in [-0.05, 0) is 32.1 Å². The van der Waals surface area contributed by atoms with E-state index in [1.54, 1.807) is 0 Å². The molecule has 1 fully saturated rings. The summed E-state index contributed by atoms with van der Waals surface area (Å²) in [4.78, 5) is 15.8. The molecule has 0 saturated heterocycles. The summed E-state index contributed by atoms with van der Waals surface area (Å²) in [6.45, 7) is 2.05. The lowest BCUT2D eigenvalue weighted by molar-refractivity contribution is -0.143. The van der Waals surface area contributed by atoms with Crippen LogP contribution in [0.15, 0.2) is 5.16 Å². The molecule has 0 aromatic carbocycles. The van der Waals surface area contributed by atoms with Crippen LogP contribution in [0.4, 0.5) is 0 Å². The molecule has 13 heavy (non-hydrogen) atoms. The van der Waals surface area contributed by atoms with E-state index in [-0.39, 0.29) is 5.97 Å². The molecule has 74 valence electrons. The standard InChI is InChI=1S/C10H17NO2/c1-2-3-8-10(12)13-11-9-6-4-5-7-9/h2-8H2,1H3. The molecule has 1 aliphatic carbocycles. The predicted molar refractivity (Wildman–Crippen MR) is 51.5 cm³/mol. The highest BCUT2D eigenvalue weighted by atomic mass is 16.7. The van der Waals surface area contributed by atoms with Crippen molar-refractivity contribution in [2.45, 2.75) is 51.9 Å². The fourth-order valence-corrected chi connectivity index (χ4v) is 1.36. The van der Waals surface area contributed by atoms with Gasteiger partial charge in [-0.25, -0.2) is 4.79 Å². The van der Waals surface area contributed by atoms with Crippen molar-refractivity contribution < 1.29 is 9.63 Å². The maximum Gasteiger partial charge on any atom is 0.335 e. The molecular formula is C10H17NO2. The molecule has 0 heterocycles. The molecule has 1 saturated carbocycles. The Bertz CT molecular complexity index is 191. The Morgan fingerprint density at radius 3 is 2.77 bits per heavy atom. The second kappa shape index (κ2) is 5.73. The molecule has 0 radical (unpaired) electrons. The molecule has 0 amide bonds. The third kappa shape index (κ3) is 4.06. The van der Waals surface area contributed by atoms with Crippen LogP contribution < -0.4 is 0 Å². The summed E-state index contributed by atoms with van der Waals surface area (Å²) in [6.07, 6.45) is 6.78. The summed E-state index contributed by atoms with van der Waals surface area (Å²) in [5.41, 5.74) is 1.05. The van der Waals surface area contributed by atoms with E-state index in [1.165, 1.54) is 12.8 Å². The zero-order valence-corrected chi connectivity index (χ0v) is 8.21. The zero-order valence-electron chi connectivity index (χ0n) is 8.21. The van der Waals surface area contributed by atoms with Gasteiger partial charge < -0.3 is 4.84 Å². The van der Waals surface area contributed by atoms with Crippen LogP contribution in [0.5, 0.6) is 0 Å². The minimum Gasteiger partial charge on any atom is -0.318 e. The monoisotopic (exact) mass is 183 g/mol. The Kier molecular flexibility index (Phi) is 4.50. The first-order valence-corrected chi connectivity index (χ1v) is 5.08. The number of oxime groups is 1. The third-order valence-electron chi connectivity index (χ3n) is 2.19. The highest BCUT2D eigenvalue weighted by Crippen LogP contribution is 2.14. The SMILES string of the molecule is CCCCC(=O)ON=C1CCCC1. The topological polar surface area (TPSA) is 38.7 Å². The lowest BCUT2D eigenvalue weighted by atomic mass is 10.3. The van der Waals surface area contributed by atoms with Crippen LogP contribution in [0.3, 0.4) is 0 Å². The highest BCUT2D eigenvalue weighted by molar-refractivity contribution is 5.86. The summed E-state index contributed by atoms with van der Waals surface area (Å²) in [5.74, 6) is -0.193. The van der Waals surface area contributed by atoms with Crippen LogP contribution >= 0.6 is 0 Å². The normalized spacial score (nSPS) is 15.9. The van der Waals surface area contributed by atoms with E-state index in [2.05, 4.69) is 12.1 Å². The van der Waals surface area contributed by atoms with E-state index in [0.717, 1.165) is 31.4 Å². The number of hydrogen-bond donors (Lipinski definition) is 0. The summed E-state index contributed by atoms with van der Waals surface area (Å²) in [5, 5.41) is 3.84. The van der Waals surface area contributed by atoms with Gasteiger partial charge in [0.15, 0.2) is 0 Å². The van der Waals surface area contributed by atoms with Crippen LogP contribution in [0, 0.1) is 0 Å². The molecule has 0 aromatic heterocycles. The average Bonchev–Trinajstić information content (AvgIpc) is 2.64. The van der Waals surface area contributed by atoms with Crippen LogP contribution in [0.25, 0.3) is 0 Å². The number of carbonyl (C=O) groups is 1. The number of carbonyl (C=O) groups excluding carboxylic acids is 1. The maximum atomic E-state index is 11.0. The number of nitrogens with zero attached hydrogens (tertiary/aromatic N) is 1. The van der Waals surface area contributed by atoms with Crippen molar-refractivity contribution in [1.29, 1.82) is 0 Å². The molecule has 0 spiro atoms. The van der Waals surface area contributed by atoms with Gasteiger partial charge in [0.1, 0.15) is 0 Å². The second-order valence-corrected chi connectivity index (χ2v) is 3.43. The van der Waals surface area contributed by atoms with E-state index < -0.39 is 0 Å². The van der Waals surface area contributed by atoms with Crippen molar-refractivity contribution in [3.05, 3.63) is 0 Å². The summed E-state index contributed by atoms with van der Waals surface area (Å²) >= 11 is 0. The van der Waals surface area contributed by atoms with Crippen molar-refractivity contribution in [3.63, 3.8) is 0 Å². The van der Waals surface area contributed by atoms with Crippen LogP contribution in [0.1, 0.15) is 51.9 Å². The van der Waals surface area contributed by atoms with Crippen molar-refractivity contribution >= 4 is 11.7 Å². The van der Waals surface area contributed by atoms with Crippen LogP contribution in [-0.4, -0.2) is 11.7 Å². The Morgan fingerprint density at radius 1 is 1.46 bits per heavy atom. The van der Waals surface area contributed by atoms with Gasteiger partial charge in [-0.1, -0.05) is 18.5 Å². The summed E-state index contributed by atoms with van der Waals surface area (Å²) < 4.78 is 0. The fourth-order valence-electron chi connectivity index (χ4n) is 1.36. The molecule has 0 N–H and O–H groups in total. The second-order valence-electron chi connectivity index (χ2n) is 3.43. The molecule has 1 rings (SSSR count). The smallest absolute Gasteiger partial charge is 0.318 e. The zero-order chi connectivity index (χ0) is 9.52. The molecule has 0 bridgehead atoms. The minimum atomic E-state index is -0.193. The highest BCUT2D eigenvalue weighted by Gasteiger charge is 2.09. The molecule has 0 aliphatic heterocycles. The van der Waals surface area contributed by atoms with Crippen molar-refractivity contribution in [3.8, 4) is 0 Å². The van der Waals surface area contributed by atoms with Crippen LogP contribution in [0.2, 0.25) is 0 Å². The van der Waals surface area contributed by atoms with Gasteiger partial charge in [0.25, 0.3) is 0 Å². The molecule has 1 aliphatic rings. The Morgan fingerprint density at radius 2 is 2.15 bits per heavy atom. The van der Waals surface area contributed by atoms with Gasteiger partial charge in [-0.2, -0.15) is 0 Å². The Hall–Kier alpha value is -0.860. The quantitative estimate of drug-likeness (QED) is 0.496. The molecule has 3 heteroatoms. The van der Waals surface area contributed by atoms with Gasteiger partial charge in [0.05, 0.1) is 5.71 Å². The maximum absolute atomic E-state index is 11.0. The first kappa shape index (κ1) is 10.2. The van der Waals surface area contributed by atoms with Gasteiger partial charge in [0, 0.05) is 6.42 Å². The first-order valence-electron chi connectivity index (χ1n) is 5.08. The number of hydrogen-bond acceptors (Lipinski definition) is 3. The van der Waals surface area contributed by atoms with Crippen molar-refractivity contribution in [1.82, 2.24) is 0 Å². The lowest BCUT2D eigenvalue weighted by Gasteiger charge is -1.97. The fraction of sp³-hybridized carbons (Fsp3) is 0.800. The third-order valence-corrected chi connectivity index (χ3v) is 2.19. The van der Waals surface area contributed by atoms with E-state index in [1.807, 2.05) is 0 Å². The molecule has 0 aromatic rings. The molecular weight excluding hydrogens is 166 g/mol. The molecule has 3 nitrogen and oxygen atoms in total. The van der Waals surface area contributed by atoms with Crippen molar-refractivity contribution in [2.24, 2.45) is 5.16 Å². The molecule has 0 atom stereocenters. The number of unbranched alkanes of at least 4 members (excludes halogenated alkanes) is 1. The van der Waals surface area contributed by atoms with Gasteiger partial charge >= 0.3 is 5.97 Å². The van der Waals surface area contributed by atoms with Gasteiger partial charge in [-0.15, -0.1) is 0 Å². The average molecular weight is 183 g/mol. The van der Waals surface area contributed by atoms with E-state index in [0.29, 0.717) is 6.42 Å². The van der Waals surface area contributed by atoms with E-state index >= 15 is 0 Å². The van der Waals surface area contributed by atoms with E-state index in [4.69, 9.17) is 4.84 Å². The van der Waals surface area contributed by atoms with Crippen LogP contribution in [-0.2, 0) is 9.63 Å². The largest absolute Gasteiger partial charge is 0.335 e. The Labute approximate surface area is 79.1 Å². The van der Waals surface area contributed by atoms with Gasteiger partial charge in [-0.3, -0.25) is 0 Å². The summed E-state index contributed by atoms with van der Waals surface area (Å²) in [6, 6.07) is 0. The van der Waals surface area contributed by atoms with Gasteiger partial charge in [0.2, 0.25) is 0 Å². The predicted octanol–water partition coefficient (Wildman–Crippen LogP) is 2.65. The summed E-state index contributed by atoms with van der Waals surface area (Å²) in [7, 11) is 0.